The van der Waals surface area contributed by atoms with Gasteiger partial charge in [0, 0.05) is 37.2 Å². The van der Waals surface area contributed by atoms with Crippen LogP contribution in [0.1, 0.15) is 31.2 Å². The molecule has 0 radical (unpaired) electrons. The van der Waals surface area contributed by atoms with Crippen molar-refractivity contribution >= 4 is 29.2 Å². The fourth-order valence-electron chi connectivity index (χ4n) is 4.50. The summed E-state index contributed by atoms with van der Waals surface area (Å²) in [5, 5.41) is 20.9. The zero-order valence-corrected chi connectivity index (χ0v) is 24.3. The summed E-state index contributed by atoms with van der Waals surface area (Å²) in [4.78, 5) is 68.3. The van der Waals surface area contributed by atoms with Gasteiger partial charge in [0.15, 0.2) is 6.23 Å². The van der Waals surface area contributed by atoms with E-state index in [1.165, 1.54) is 0 Å². The Hall–Kier alpha value is -2.08. The highest BCUT2D eigenvalue weighted by Crippen LogP contribution is 2.66. The second-order valence-electron chi connectivity index (χ2n) is 9.42. The maximum Gasteiger partial charge on any atom is 0.490 e. The molecule has 4 rings (SSSR count). The van der Waals surface area contributed by atoms with Gasteiger partial charge in [0.25, 0.3) is 5.56 Å². The Morgan fingerprint density at radius 1 is 0.952 bits per heavy atom. The van der Waals surface area contributed by atoms with Crippen LogP contribution < -0.4 is 16.1 Å². The van der Waals surface area contributed by atoms with Crippen molar-refractivity contribution in [2.45, 2.75) is 50.3 Å². The monoisotopic (exact) mass is 658 g/mol. The Morgan fingerprint density at radius 3 is 2.31 bits per heavy atom. The summed E-state index contributed by atoms with van der Waals surface area (Å²) in [7, 11) is -16.9. The molecule has 6 N–H and O–H groups in total. The van der Waals surface area contributed by atoms with Crippen LogP contribution in [-0.2, 0) is 38.1 Å². The van der Waals surface area contributed by atoms with Crippen LogP contribution in [0, 0.1) is 0 Å². The van der Waals surface area contributed by atoms with Crippen LogP contribution in [0.3, 0.4) is 0 Å². The normalized spacial score (nSPS) is 26.1. The number of ether oxygens (including phenoxy) is 1. The number of aromatic nitrogens is 3. The lowest BCUT2D eigenvalue weighted by atomic mass is 10.1. The quantitative estimate of drug-likeness (QED) is 0.165. The van der Waals surface area contributed by atoms with Crippen LogP contribution in [0.15, 0.2) is 40.2 Å². The molecule has 2 aliphatic rings. The molecule has 234 valence electrons. The third-order valence-corrected chi connectivity index (χ3v) is 10.2. The molecule has 0 spiro atoms. The number of pyridine rings is 1. The van der Waals surface area contributed by atoms with Crippen LogP contribution >= 0.6 is 23.5 Å². The molecule has 0 aliphatic carbocycles. The van der Waals surface area contributed by atoms with E-state index >= 15 is 0 Å². The molecule has 2 saturated heterocycles. The van der Waals surface area contributed by atoms with Gasteiger partial charge in [0.2, 0.25) is 0 Å². The van der Waals surface area contributed by atoms with Gasteiger partial charge >= 0.3 is 29.2 Å². The average molecular weight is 658 g/mol. The minimum absolute atomic E-state index is 0.221. The molecular weight excluding hydrogens is 629 g/mol. The molecule has 42 heavy (non-hydrogen) atoms. The van der Waals surface area contributed by atoms with E-state index in [0.29, 0.717) is 5.69 Å². The van der Waals surface area contributed by atoms with Crippen molar-refractivity contribution in [3.63, 3.8) is 0 Å². The minimum atomic E-state index is -5.78. The first-order chi connectivity index (χ1) is 19.6. The lowest BCUT2D eigenvalue weighted by Gasteiger charge is -2.29. The van der Waals surface area contributed by atoms with E-state index in [0.717, 1.165) is 59.4 Å². The maximum atomic E-state index is 13.3. The van der Waals surface area contributed by atoms with Gasteiger partial charge in [0.1, 0.15) is 18.3 Å². The molecule has 0 saturated carbocycles. The molecule has 0 amide bonds. The molecule has 0 aromatic carbocycles. The van der Waals surface area contributed by atoms with Gasteiger partial charge in [-0.05, 0) is 31.4 Å². The summed E-state index contributed by atoms with van der Waals surface area (Å²) < 4.78 is 53.0. The molecule has 2 fully saturated rings. The zero-order valence-electron chi connectivity index (χ0n) is 21.6. The second-order valence-corrected chi connectivity index (χ2v) is 13.8. The predicted molar refractivity (Wildman–Crippen MR) is 140 cm³/mol. The number of aliphatic hydroxyl groups is 2. The van der Waals surface area contributed by atoms with Crippen molar-refractivity contribution in [2.75, 3.05) is 24.6 Å². The third kappa shape index (κ3) is 8.30. The van der Waals surface area contributed by atoms with Gasteiger partial charge < -0.3 is 39.4 Å². The van der Waals surface area contributed by atoms with Crippen LogP contribution in [0.2, 0.25) is 0 Å². The molecule has 4 heterocycles. The van der Waals surface area contributed by atoms with Crippen LogP contribution in [0.25, 0.3) is 0 Å². The number of phosphoric ester groups is 1. The van der Waals surface area contributed by atoms with Gasteiger partial charge in [-0.3, -0.25) is 23.4 Å². The summed E-state index contributed by atoms with van der Waals surface area (Å²) in [5.41, 5.74) is -0.312. The number of nitrogens with zero attached hydrogens (tertiary/aromatic N) is 4. The molecule has 6 atom stereocenters. The molecule has 4 unspecified atom stereocenters. The van der Waals surface area contributed by atoms with Crippen LogP contribution in [-0.4, -0.2) is 81.9 Å². The highest BCUT2D eigenvalue weighted by molar-refractivity contribution is 7.66. The van der Waals surface area contributed by atoms with E-state index in [9.17, 15) is 43.3 Å². The summed E-state index contributed by atoms with van der Waals surface area (Å²) in [6.45, 7) is 0.440. The number of piperidine rings is 1. The summed E-state index contributed by atoms with van der Waals surface area (Å²) >= 11 is 0. The average Bonchev–Trinajstić information content (AvgIpc) is 3.17. The minimum Gasteiger partial charge on any atom is -0.387 e. The molecule has 2 aromatic heterocycles. The van der Waals surface area contributed by atoms with Crippen LogP contribution in [0.5, 0.6) is 0 Å². The first kappa shape index (κ1) is 32.8. The van der Waals surface area contributed by atoms with E-state index in [1.54, 1.807) is 12.3 Å². The van der Waals surface area contributed by atoms with E-state index in [1.807, 2.05) is 6.07 Å². The standard InChI is InChI=1S/C20H29N4O15P3/c25-16-5-9-23(20(28)24(16)11-13-10-14(4-6-21-13)22-7-2-1-3-8-22)19-18(27)17(26)15(37-19)12-36-41(32,33)39-42(34,35)38-40(29,30)31/h4-6,9-10,15,17-19,26-27H,1-3,7-8,11-12H2,(H,32,33)(H,34,35)(H2,29,30,31)/t15-,17?,18?,19-/m1/s1. The molecule has 2 aliphatic heterocycles. The highest BCUT2D eigenvalue weighted by atomic mass is 31.3. The molecule has 2 aromatic rings. The number of rotatable bonds is 11. The molecular formula is C20H29N4O15P3. The third-order valence-electron chi connectivity index (χ3n) is 6.37. The molecule has 0 bridgehead atoms. The Kier molecular flexibility index (Phi) is 10.1. The number of hydrogen-bond acceptors (Lipinski definition) is 13. The fraction of sp³-hybridized carbons (Fsp3) is 0.550. The largest absolute Gasteiger partial charge is 0.490 e. The lowest BCUT2D eigenvalue weighted by Crippen LogP contribution is -2.43. The molecule has 22 heteroatoms. The summed E-state index contributed by atoms with van der Waals surface area (Å²) in [5.74, 6) is 0. The lowest BCUT2D eigenvalue weighted by molar-refractivity contribution is -0.0547. The van der Waals surface area contributed by atoms with E-state index in [2.05, 4.69) is 23.0 Å². The van der Waals surface area contributed by atoms with E-state index in [-0.39, 0.29) is 6.54 Å². The molecule has 19 nitrogen and oxygen atoms in total. The fourth-order valence-corrected chi connectivity index (χ4v) is 7.53. The van der Waals surface area contributed by atoms with Gasteiger partial charge in [-0.15, -0.1) is 0 Å². The van der Waals surface area contributed by atoms with Gasteiger partial charge in [-0.1, -0.05) is 0 Å². The first-order valence-corrected chi connectivity index (χ1v) is 16.9. The Morgan fingerprint density at radius 2 is 1.64 bits per heavy atom. The number of phosphoric acid groups is 3. The van der Waals surface area contributed by atoms with E-state index in [4.69, 9.17) is 14.5 Å². The van der Waals surface area contributed by atoms with Crippen molar-refractivity contribution in [2.24, 2.45) is 0 Å². The van der Waals surface area contributed by atoms with Crippen LogP contribution in [0.4, 0.5) is 5.69 Å². The SMILES string of the molecule is O=c1ccn([C@@H]2O[C@H](COP(=O)(O)OP(=O)(O)OP(=O)(O)O)C(O)C2O)c(=O)n1Cc1cc(N2CCCCC2)ccn1. The first-order valence-electron chi connectivity index (χ1n) is 12.4. The zero-order chi connectivity index (χ0) is 30.9. The maximum absolute atomic E-state index is 13.3. The summed E-state index contributed by atoms with van der Waals surface area (Å²) in [6.07, 6.45) is -1.09. The van der Waals surface area contributed by atoms with Crippen molar-refractivity contribution < 1.29 is 61.4 Å². The van der Waals surface area contributed by atoms with E-state index < -0.39 is 65.9 Å². The Labute approximate surface area is 237 Å². The summed E-state index contributed by atoms with van der Waals surface area (Å²) in [6, 6.07) is 4.61. The predicted octanol–water partition coefficient (Wildman–Crippen LogP) is -0.594. The smallest absolute Gasteiger partial charge is 0.387 e. The topological polar surface area (TPSA) is 270 Å². The second kappa shape index (κ2) is 12.9. The number of anilines is 1. The van der Waals surface area contributed by atoms with Gasteiger partial charge in [0.05, 0.1) is 18.8 Å². The Bertz CT molecular complexity index is 1540. The highest BCUT2D eigenvalue weighted by Gasteiger charge is 2.47. The number of hydrogen-bond donors (Lipinski definition) is 6. The van der Waals surface area contributed by atoms with Crippen molar-refractivity contribution in [3.05, 3.63) is 57.1 Å². The van der Waals surface area contributed by atoms with Gasteiger partial charge in [-0.25, -0.2) is 18.5 Å². The van der Waals surface area contributed by atoms with Gasteiger partial charge in [-0.2, -0.15) is 8.62 Å². The van der Waals surface area contributed by atoms with Crippen molar-refractivity contribution in [1.29, 1.82) is 0 Å². The Balaban J connectivity index is 1.47. The van der Waals surface area contributed by atoms with Crippen molar-refractivity contribution in [3.8, 4) is 0 Å². The van der Waals surface area contributed by atoms with Crippen molar-refractivity contribution in [1.82, 2.24) is 14.1 Å². The number of aliphatic hydroxyl groups excluding tert-OH is 2.